The average molecular weight is 396 g/mol. The molecule has 1 N–H and O–H groups in total. The van der Waals surface area contributed by atoms with Crippen molar-refractivity contribution >= 4 is 35.1 Å². The van der Waals surface area contributed by atoms with E-state index >= 15 is 0 Å². The van der Waals surface area contributed by atoms with Gasteiger partial charge in [-0.3, -0.25) is 24.2 Å². The molecule has 4 rings (SSSR count). The van der Waals surface area contributed by atoms with E-state index in [1.165, 1.54) is 4.90 Å². The number of hydrogen-bond acceptors (Lipinski definition) is 4. The third-order valence-electron chi connectivity index (χ3n) is 5.07. The van der Waals surface area contributed by atoms with Crippen molar-refractivity contribution in [2.24, 2.45) is 0 Å². The second-order valence-electron chi connectivity index (χ2n) is 6.82. The SMILES string of the molecule is O=C1CN(C(=O)CN2C(=O)[C@@H]3CCCN3C2=O)c2ccc(C(F)(F)F)cc2N1. The second-order valence-corrected chi connectivity index (χ2v) is 6.82. The van der Waals surface area contributed by atoms with E-state index in [9.17, 15) is 32.3 Å². The van der Waals surface area contributed by atoms with Crippen LogP contribution in [0.1, 0.15) is 18.4 Å². The maximum Gasteiger partial charge on any atom is 0.416 e. The van der Waals surface area contributed by atoms with Gasteiger partial charge in [0.1, 0.15) is 19.1 Å². The van der Waals surface area contributed by atoms with Gasteiger partial charge in [0.2, 0.25) is 11.8 Å². The van der Waals surface area contributed by atoms with Crippen LogP contribution in [0.25, 0.3) is 0 Å². The molecule has 0 saturated carbocycles. The summed E-state index contributed by atoms with van der Waals surface area (Å²) in [6.45, 7) is -0.548. The summed E-state index contributed by atoms with van der Waals surface area (Å²) in [5, 5.41) is 2.31. The van der Waals surface area contributed by atoms with E-state index in [0.29, 0.717) is 19.4 Å². The van der Waals surface area contributed by atoms with Gasteiger partial charge >= 0.3 is 12.2 Å². The topological polar surface area (TPSA) is 90.0 Å². The second kappa shape index (κ2) is 6.21. The zero-order valence-electron chi connectivity index (χ0n) is 14.5. The van der Waals surface area contributed by atoms with Gasteiger partial charge in [-0.1, -0.05) is 0 Å². The highest BCUT2D eigenvalue weighted by molar-refractivity contribution is 6.13. The molecular weight excluding hydrogens is 381 g/mol. The van der Waals surface area contributed by atoms with Gasteiger partial charge in [0.25, 0.3) is 5.91 Å². The molecule has 1 aromatic rings. The number of carbonyl (C=O) groups excluding carboxylic acids is 4. The summed E-state index contributed by atoms with van der Waals surface area (Å²) in [6, 6.07) is 1.51. The van der Waals surface area contributed by atoms with Crippen LogP contribution in [0.5, 0.6) is 0 Å². The highest BCUT2D eigenvalue weighted by Gasteiger charge is 2.48. The van der Waals surface area contributed by atoms with E-state index in [1.54, 1.807) is 0 Å². The predicted octanol–water partition coefficient (Wildman–Crippen LogP) is 1.42. The van der Waals surface area contributed by atoms with Gasteiger partial charge in [0, 0.05) is 6.54 Å². The first kappa shape index (κ1) is 18.3. The average Bonchev–Trinajstić information content (AvgIpc) is 3.19. The number of anilines is 2. The number of fused-ring (bicyclic) bond motifs is 2. The first-order chi connectivity index (χ1) is 13.2. The molecule has 0 radical (unpaired) electrons. The number of nitrogens with zero attached hydrogens (tertiary/aromatic N) is 3. The van der Waals surface area contributed by atoms with Crippen LogP contribution in [0, 0.1) is 0 Å². The molecule has 8 nitrogen and oxygen atoms in total. The molecule has 2 saturated heterocycles. The highest BCUT2D eigenvalue weighted by Crippen LogP contribution is 2.37. The minimum atomic E-state index is -4.60. The standard InChI is InChI=1S/C17H15F3N4O4/c18-17(19,20)9-3-4-11-10(6-9)21-13(25)7-23(11)14(26)8-24-15(27)12-2-1-5-22(12)16(24)28/h3-4,6,12H,1-2,5,7-8H2,(H,21,25)/t12-/m0/s1. The van der Waals surface area contributed by atoms with Crippen molar-refractivity contribution in [3.63, 3.8) is 0 Å². The molecule has 0 unspecified atom stereocenters. The van der Waals surface area contributed by atoms with Crippen molar-refractivity contribution in [2.45, 2.75) is 25.1 Å². The highest BCUT2D eigenvalue weighted by atomic mass is 19.4. The summed E-state index contributed by atoms with van der Waals surface area (Å²) < 4.78 is 38.7. The summed E-state index contributed by atoms with van der Waals surface area (Å²) in [6.07, 6.45) is -3.36. The summed E-state index contributed by atoms with van der Waals surface area (Å²) in [5.41, 5.74) is -1.04. The summed E-state index contributed by atoms with van der Waals surface area (Å²) in [4.78, 5) is 52.5. The molecule has 2 fully saturated rings. The number of alkyl halides is 3. The Bertz CT molecular complexity index is 879. The molecule has 5 amide bonds. The predicted molar refractivity (Wildman–Crippen MR) is 89.3 cm³/mol. The summed E-state index contributed by atoms with van der Waals surface area (Å²) in [7, 11) is 0. The Kier molecular flexibility index (Phi) is 4.05. The zero-order chi connectivity index (χ0) is 20.2. The summed E-state index contributed by atoms with van der Waals surface area (Å²) in [5.74, 6) is -1.86. The normalized spacial score (nSPS) is 21.8. The van der Waals surface area contributed by atoms with Gasteiger partial charge in [0.15, 0.2) is 0 Å². The Morgan fingerprint density at radius 3 is 2.64 bits per heavy atom. The third kappa shape index (κ3) is 2.86. The number of carbonyl (C=O) groups is 4. The molecule has 0 spiro atoms. The van der Waals surface area contributed by atoms with Gasteiger partial charge in [-0.15, -0.1) is 0 Å². The van der Waals surface area contributed by atoms with Crippen LogP contribution in [0.3, 0.4) is 0 Å². The quantitative estimate of drug-likeness (QED) is 0.766. The molecular formula is C17H15F3N4O4. The van der Waals surface area contributed by atoms with Crippen LogP contribution >= 0.6 is 0 Å². The Balaban J connectivity index is 1.58. The lowest BCUT2D eigenvalue weighted by molar-refractivity contribution is -0.137. The number of imide groups is 1. The van der Waals surface area contributed by atoms with Crippen molar-refractivity contribution in [1.29, 1.82) is 0 Å². The molecule has 0 aromatic heterocycles. The van der Waals surface area contributed by atoms with Gasteiger partial charge in [-0.2, -0.15) is 13.2 Å². The Hall–Kier alpha value is -3.11. The van der Waals surface area contributed by atoms with Crippen molar-refractivity contribution in [3.8, 4) is 0 Å². The van der Waals surface area contributed by atoms with Crippen LogP contribution in [0.2, 0.25) is 0 Å². The number of benzene rings is 1. The number of rotatable bonds is 2. The van der Waals surface area contributed by atoms with Crippen LogP contribution in [0.4, 0.5) is 29.3 Å². The van der Waals surface area contributed by atoms with Gasteiger partial charge in [0.05, 0.1) is 16.9 Å². The van der Waals surface area contributed by atoms with E-state index in [4.69, 9.17) is 0 Å². The van der Waals surface area contributed by atoms with Gasteiger partial charge in [-0.25, -0.2) is 4.79 Å². The number of halogens is 3. The summed E-state index contributed by atoms with van der Waals surface area (Å²) >= 11 is 0. The first-order valence-electron chi connectivity index (χ1n) is 8.60. The molecule has 1 atom stereocenters. The number of nitrogens with one attached hydrogen (secondary N) is 1. The van der Waals surface area contributed by atoms with Crippen LogP contribution in [-0.2, 0) is 20.6 Å². The minimum Gasteiger partial charge on any atom is -0.323 e. The molecule has 0 aliphatic carbocycles. The van der Waals surface area contributed by atoms with E-state index in [1.807, 2.05) is 0 Å². The lowest BCUT2D eigenvalue weighted by Gasteiger charge is -2.30. The molecule has 11 heteroatoms. The van der Waals surface area contributed by atoms with Crippen molar-refractivity contribution in [3.05, 3.63) is 23.8 Å². The van der Waals surface area contributed by atoms with Crippen LogP contribution < -0.4 is 10.2 Å². The molecule has 148 valence electrons. The fraction of sp³-hybridized carbons (Fsp3) is 0.412. The van der Waals surface area contributed by atoms with Crippen LogP contribution in [-0.4, -0.2) is 59.2 Å². The lowest BCUT2D eigenvalue weighted by atomic mass is 10.1. The van der Waals surface area contributed by atoms with Crippen molar-refractivity contribution < 1.29 is 32.3 Å². The Morgan fingerprint density at radius 1 is 1.21 bits per heavy atom. The molecule has 0 bridgehead atoms. The maximum atomic E-state index is 12.9. The fourth-order valence-electron chi connectivity index (χ4n) is 3.74. The largest absolute Gasteiger partial charge is 0.416 e. The van der Waals surface area contributed by atoms with Gasteiger partial charge < -0.3 is 10.2 Å². The smallest absolute Gasteiger partial charge is 0.323 e. The van der Waals surface area contributed by atoms with Crippen molar-refractivity contribution in [1.82, 2.24) is 9.80 Å². The number of urea groups is 1. The van der Waals surface area contributed by atoms with Gasteiger partial charge in [-0.05, 0) is 31.0 Å². The Morgan fingerprint density at radius 2 is 1.96 bits per heavy atom. The lowest BCUT2D eigenvalue weighted by Crippen LogP contribution is -2.48. The number of amides is 5. The Labute approximate surface area is 156 Å². The maximum absolute atomic E-state index is 12.9. The van der Waals surface area contributed by atoms with E-state index in [0.717, 1.165) is 28.0 Å². The van der Waals surface area contributed by atoms with Crippen LogP contribution in [0.15, 0.2) is 18.2 Å². The zero-order valence-corrected chi connectivity index (χ0v) is 14.5. The fourth-order valence-corrected chi connectivity index (χ4v) is 3.74. The van der Waals surface area contributed by atoms with E-state index in [2.05, 4.69) is 5.32 Å². The minimum absolute atomic E-state index is 0.0807. The molecule has 3 aliphatic heterocycles. The van der Waals surface area contributed by atoms with E-state index in [-0.39, 0.29) is 11.4 Å². The molecule has 3 aliphatic rings. The monoisotopic (exact) mass is 396 g/mol. The molecule has 28 heavy (non-hydrogen) atoms. The third-order valence-corrected chi connectivity index (χ3v) is 5.07. The molecule has 3 heterocycles. The first-order valence-corrected chi connectivity index (χ1v) is 8.60. The van der Waals surface area contributed by atoms with Crippen molar-refractivity contribution in [2.75, 3.05) is 29.9 Å². The van der Waals surface area contributed by atoms with E-state index < -0.39 is 54.6 Å². The number of hydrogen-bond donors (Lipinski definition) is 1. The molecule has 1 aromatic carbocycles.